The molecule has 8 heteroatoms. The van der Waals surface area contributed by atoms with Crippen LogP contribution in [0.25, 0.3) is 0 Å². The smallest absolute Gasteiger partial charge is 0.232 e. The van der Waals surface area contributed by atoms with Gasteiger partial charge in [-0.1, -0.05) is 6.92 Å². The fourth-order valence-electron chi connectivity index (χ4n) is 4.38. The molecular weight excluding hydrogens is 352 g/mol. The van der Waals surface area contributed by atoms with Crippen LogP contribution in [0.3, 0.4) is 0 Å². The molecule has 0 spiro atoms. The number of hydrogen-bond acceptors (Lipinski definition) is 5. The second-order valence-electron chi connectivity index (χ2n) is 7.08. The molecule has 0 aromatic carbocycles. The van der Waals surface area contributed by atoms with Gasteiger partial charge >= 0.3 is 0 Å². The van der Waals surface area contributed by atoms with Crippen molar-refractivity contribution in [3.05, 3.63) is 24.5 Å². The van der Waals surface area contributed by atoms with Crippen molar-refractivity contribution in [2.45, 2.75) is 39.2 Å². The Hall–Kier alpha value is -1.51. The maximum absolute atomic E-state index is 13.3. The summed E-state index contributed by atoms with van der Waals surface area (Å²) in [6.45, 7) is 6.41. The molecule has 0 saturated carbocycles. The average Bonchev–Trinajstić information content (AvgIpc) is 2.89. The number of nitrogens with one attached hydrogen (secondary N) is 1. The van der Waals surface area contributed by atoms with Crippen molar-refractivity contribution in [1.82, 2.24) is 14.2 Å². The summed E-state index contributed by atoms with van der Waals surface area (Å²) in [4.78, 5) is 19.7. The largest absolute Gasteiger partial charge is 0.324 e. The highest BCUT2D eigenvalue weighted by atomic mass is 32.2. The fourth-order valence-corrected chi connectivity index (χ4v) is 5.50. The number of nitrogens with zero attached hydrogens (tertiary/aromatic N) is 3. The van der Waals surface area contributed by atoms with E-state index in [2.05, 4.69) is 22.1 Å². The Labute approximate surface area is 155 Å². The monoisotopic (exact) mass is 380 g/mol. The summed E-state index contributed by atoms with van der Waals surface area (Å²) in [6, 6.07) is 3.69. The molecular formula is C18H28N4O3S. The Morgan fingerprint density at radius 2 is 2.08 bits per heavy atom. The third-order valence-electron chi connectivity index (χ3n) is 5.92. The predicted octanol–water partition coefficient (Wildman–Crippen LogP) is 1.55. The van der Waals surface area contributed by atoms with E-state index >= 15 is 0 Å². The van der Waals surface area contributed by atoms with Crippen molar-refractivity contribution in [3.63, 3.8) is 0 Å². The van der Waals surface area contributed by atoms with E-state index in [4.69, 9.17) is 0 Å². The Morgan fingerprint density at radius 1 is 1.31 bits per heavy atom. The summed E-state index contributed by atoms with van der Waals surface area (Å²) >= 11 is 0. The summed E-state index contributed by atoms with van der Waals surface area (Å²) in [5.74, 6) is 0.0894. The first-order valence-electron chi connectivity index (χ1n) is 9.36. The minimum Gasteiger partial charge on any atom is -0.324 e. The number of hydrogen-bond donors (Lipinski definition) is 1. The average molecular weight is 381 g/mol. The number of carbonyl (C=O) groups is 1. The van der Waals surface area contributed by atoms with Crippen molar-refractivity contribution in [3.8, 4) is 0 Å². The maximum atomic E-state index is 13.3. The number of pyridine rings is 1. The van der Waals surface area contributed by atoms with E-state index in [-0.39, 0.29) is 17.7 Å². The quantitative estimate of drug-likeness (QED) is 0.838. The molecule has 3 rings (SSSR count). The zero-order chi connectivity index (χ0) is 18.8. The van der Waals surface area contributed by atoms with Gasteiger partial charge in [0.1, 0.15) is 0 Å². The number of rotatable bonds is 5. The lowest BCUT2D eigenvalue weighted by atomic mass is 9.75. The highest BCUT2D eigenvalue weighted by molar-refractivity contribution is 7.89. The third kappa shape index (κ3) is 3.50. The minimum absolute atomic E-state index is 0.0119. The van der Waals surface area contributed by atoms with E-state index in [0.29, 0.717) is 31.6 Å². The molecule has 1 aromatic rings. The van der Waals surface area contributed by atoms with Crippen LogP contribution < -0.4 is 5.32 Å². The Kier molecular flexibility index (Phi) is 5.64. The van der Waals surface area contributed by atoms with Crippen molar-refractivity contribution in [2.75, 3.05) is 37.2 Å². The fraction of sp³-hybridized carbons (Fsp3) is 0.667. The van der Waals surface area contributed by atoms with Crippen molar-refractivity contribution in [1.29, 1.82) is 0 Å². The van der Waals surface area contributed by atoms with E-state index in [1.165, 1.54) is 0 Å². The number of carbonyl (C=O) groups excluding carboxylic acids is 1. The van der Waals surface area contributed by atoms with Crippen LogP contribution >= 0.6 is 0 Å². The Morgan fingerprint density at radius 3 is 2.73 bits per heavy atom. The van der Waals surface area contributed by atoms with E-state index < -0.39 is 15.4 Å². The predicted molar refractivity (Wildman–Crippen MR) is 101 cm³/mol. The van der Waals surface area contributed by atoms with Gasteiger partial charge in [0.15, 0.2) is 0 Å². The molecule has 1 N–H and O–H groups in total. The van der Waals surface area contributed by atoms with Crippen molar-refractivity contribution >= 4 is 21.6 Å². The summed E-state index contributed by atoms with van der Waals surface area (Å²) in [6.07, 6.45) is 5.32. The molecule has 0 aliphatic carbocycles. The third-order valence-corrected chi connectivity index (χ3v) is 7.80. The van der Waals surface area contributed by atoms with Crippen molar-refractivity contribution in [2.24, 2.45) is 5.41 Å². The SMILES string of the molecule is CCN1CC[C@]2(C(=O)Nc3cccnc3)CCN(S(=O)(=O)CC)CC[C@H]12. The molecule has 2 fully saturated rings. The maximum Gasteiger partial charge on any atom is 0.232 e. The molecule has 7 nitrogen and oxygen atoms in total. The molecule has 1 aromatic heterocycles. The van der Waals surface area contributed by atoms with Crippen LogP contribution in [-0.2, 0) is 14.8 Å². The normalized spacial score (nSPS) is 27.7. The van der Waals surface area contributed by atoms with Gasteiger partial charge in [-0.05, 0) is 51.4 Å². The second kappa shape index (κ2) is 7.62. The van der Waals surface area contributed by atoms with Crippen LogP contribution in [0.15, 0.2) is 24.5 Å². The van der Waals surface area contributed by atoms with Gasteiger partial charge in [-0.2, -0.15) is 0 Å². The van der Waals surface area contributed by atoms with E-state index in [9.17, 15) is 13.2 Å². The first-order chi connectivity index (χ1) is 12.4. The van der Waals surface area contributed by atoms with Crippen LogP contribution in [0, 0.1) is 5.41 Å². The number of amides is 1. The van der Waals surface area contributed by atoms with Crippen LogP contribution in [-0.4, -0.2) is 66.5 Å². The standard InChI is InChI=1S/C18H28N4O3S/c1-3-21-12-8-18(17(23)20-15-6-5-10-19-14-15)9-13-22(11-7-16(18)21)26(24,25)4-2/h5-6,10,14,16H,3-4,7-9,11-13H2,1-2H3,(H,20,23)/t16-,18-/m0/s1. The van der Waals surface area contributed by atoms with Gasteiger partial charge in [-0.3, -0.25) is 14.7 Å². The van der Waals surface area contributed by atoms with Gasteiger partial charge in [0.2, 0.25) is 15.9 Å². The summed E-state index contributed by atoms with van der Waals surface area (Å²) in [5, 5.41) is 3.02. The molecule has 0 unspecified atom stereocenters. The summed E-state index contributed by atoms with van der Waals surface area (Å²) < 4.78 is 26.3. The highest BCUT2D eigenvalue weighted by Gasteiger charge is 2.53. The summed E-state index contributed by atoms with van der Waals surface area (Å²) in [5.41, 5.74) is 0.131. The van der Waals surface area contributed by atoms with Gasteiger partial charge in [0.05, 0.1) is 23.1 Å². The Bertz CT molecular complexity index is 740. The molecule has 2 aliphatic heterocycles. The first-order valence-corrected chi connectivity index (χ1v) is 11.0. The van der Waals surface area contributed by atoms with Crippen LogP contribution in [0.1, 0.15) is 33.1 Å². The zero-order valence-electron chi connectivity index (χ0n) is 15.5. The Balaban J connectivity index is 1.87. The van der Waals surface area contributed by atoms with Crippen LogP contribution in [0.5, 0.6) is 0 Å². The molecule has 0 bridgehead atoms. The lowest BCUT2D eigenvalue weighted by molar-refractivity contribution is -0.127. The number of fused-ring (bicyclic) bond motifs is 1. The first kappa shape index (κ1) is 19.3. The highest BCUT2D eigenvalue weighted by Crippen LogP contribution is 2.44. The zero-order valence-corrected chi connectivity index (χ0v) is 16.3. The minimum atomic E-state index is -3.24. The van der Waals surface area contributed by atoms with Gasteiger partial charge in [0, 0.05) is 25.3 Å². The lowest BCUT2D eigenvalue weighted by Gasteiger charge is -2.35. The molecule has 2 atom stereocenters. The topological polar surface area (TPSA) is 82.6 Å². The van der Waals surface area contributed by atoms with Gasteiger partial charge < -0.3 is 5.32 Å². The molecule has 144 valence electrons. The van der Waals surface area contributed by atoms with Crippen LogP contribution in [0.4, 0.5) is 5.69 Å². The van der Waals surface area contributed by atoms with Gasteiger partial charge in [-0.25, -0.2) is 12.7 Å². The number of sulfonamides is 1. The van der Waals surface area contributed by atoms with Crippen LogP contribution in [0.2, 0.25) is 0 Å². The molecule has 3 heterocycles. The molecule has 26 heavy (non-hydrogen) atoms. The molecule has 2 saturated heterocycles. The van der Waals surface area contributed by atoms with Crippen molar-refractivity contribution < 1.29 is 13.2 Å². The summed E-state index contributed by atoms with van der Waals surface area (Å²) in [7, 11) is -3.24. The number of likely N-dealkylation sites (tertiary alicyclic amines) is 1. The number of anilines is 1. The molecule has 1 amide bonds. The van der Waals surface area contributed by atoms with E-state index in [1.54, 1.807) is 29.7 Å². The number of aromatic nitrogens is 1. The second-order valence-corrected chi connectivity index (χ2v) is 9.34. The molecule has 0 radical (unpaired) electrons. The molecule has 2 aliphatic rings. The van der Waals surface area contributed by atoms with E-state index in [1.807, 2.05) is 6.07 Å². The van der Waals surface area contributed by atoms with Gasteiger partial charge in [0.25, 0.3) is 0 Å². The van der Waals surface area contributed by atoms with E-state index in [0.717, 1.165) is 19.5 Å². The van der Waals surface area contributed by atoms with Gasteiger partial charge in [-0.15, -0.1) is 0 Å². The lowest BCUT2D eigenvalue weighted by Crippen LogP contribution is -2.47.